The number of rotatable bonds is 5. The number of hydrogen-bond donors (Lipinski definition) is 1. The summed E-state index contributed by atoms with van der Waals surface area (Å²) < 4.78 is 1.67. The molecule has 20 heavy (non-hydrogen) atoms. The first kappa shape index (κ1) is 13.2. The third-order valence-corrected chi connectivity index (χ3v) is 4.42. The number of nitrogens with zero attached hydrogens (tertiary/aromatic N) is 3. The molecule has 0 spiro atoms. The van der Waals surface area contributed by atoms with Gasteiger partial charge in [0.15, 0.2) is 11.0 Å². The van der Waals surface area contributed by atoms with Gasteiger partial charge in [0.1, 0.15) is 0 Å². The van der Waals surface area contributed by atoms with Gasteiger partial charge in [-0.3, -0.25) is 4.79 Å². The van der Waals surface area contributed by atoms with E-state index in [0.717, 1.165) is 12.2 Å². The summed E-state index contributed by atoms with van der Waals surface area (Å²) in [6.07, 6.45) is 1.07. The molecule has 1 saturated carbocycles. The van der Waals surface area contributed by atoms with Gasteiger partial charge in [-0.2, -0.15) is 5.10 Å². The molecule has 3 rings (SSSR count). The summed E-state index contributed by atoms with van der Waals surface area (Å²) in [6, 6.07) is 10.4. The summed E-state index contributed by atoms with van der Waals surface area (Å²) in [7, 11) is 1.81. The molecule has 0 radical (unpaired) electrons. The van der Waals surface area contributed by atoms with E-state index in [-0.39, 0.29) is 5.75 Å². The van der Waals surface area contributed by atoms with Crippen LogP contribution in [0, 0.1) is 0 Å². The van der Waals surface area contributed by atoms with Crippen molar-refractivity contribution in [3.8, 4) is 0 Å². The van der Waals surface area contributed by atoms with Gasteiger partial charge in [0.05, 0.1) is 5.75 Å². The maximum atomic E-state index is 10.6. The highest BCUT2D eigenvalue weighted by Gasteiger charge is 2.42. The number of thioether (sulfide) groups is 1. The van der Waals surface area contributed by atoms with Crippen molar-refractivity contribution in [2.24, 2.45) is 7.05 Å². The van der Waals surface area contributed by atoms with E-state index in [4.69, 9.17) is 5.11 Å². The van der Waals surface area contributed by atoms with Crippen molar-refractivity contribution in [1.82, 2.24) is 14.8 Å². The lowest BCUT2D eigenvalue weighted by atomic mass is 10.1. The molecule has 1 N–H and O–H groups in total. The van der Waals surface area contributed by atoms with Gasteiger partial charge in [0.2, 0.25) is 0 Å². The van der Waals surface area contributed by atoms with Crippen LogP contribution in [-0.4, -0.2) is 31.6 Å². The van der Waals surface area contributed by atoms with Crippen LogP contribution >= 0.6 is 11.8 Å². The van der Waals surface area contributed by atoms with Gasteiger partial charge in [-0.25, -0.2) is 9.67 Å². The van der Waals surface area contributed by atoms with Crippen LogP contribution in [0.1, 0.15) is 29.6 Å². The quantitative estimate of drug-likeness (QED) is 0.855. The summed E-state index contributed by atoms with van der Waals surface area (Å²) in [5.41, 5.74) is 1.32. The molecule has 1 aliphatic carbocycles. The second kappa shape index (κ2) is 5.28. The minimum atomic E-state index is -0.840. The van der Waals surface area contributed by atoms with Crippen LogP contribution in [-0.2, 0) is 11.8 Å². The zero-order valence-corrected chi connectivity index (χ0v) is 11.9. The molecule has 2 atom stereocenters. The van der Waals surface area contributed by atoms with E-state index in [9.17, 15) is 4.79 Å². The number of carbonyl (C=O) groups is 1. The van der Waals surface area contributed by atoms with E-state index in [0.29, 0.717) is 17.0 Å². The highest BCUT2D eigenvalue weighted by atomic mass is 32.2. The van der Waals surface area contributed by atoms with E-state index in [2.05, 4.69) is 22.2 Å². The topological polar surface area (TPSA) is 68.0 Å². The van der Waals surface area contributed by atoms with Crippen LogP contribution in [0.2, 0.25) is 0 Å². The van der Waals surface area contributed by atoms with Crippen molar-refractivity contribution >= 4 is 17.7 Å². The van der Waals surface area contributed by atoms with Crippen molar-refractivity contribution in [3.05, 3.63) is 41.7 Å². The maximum absolute atomic E-state index is 10.6. The van der Waals surface area contributed by atoms with Gasteiger partial charge in [-0.15, -0.1) is 0 Å². The van der Waals surface area contributed by atoms with E-state index < -0.39 is 5.97 Å². The molecule has 6 heteroatoms. The van der Waals surface area contributed by atoms with Gasteiger partial charge in [0, 0.05) is 13.0 Å². The summed E-state index contributed by atoms with van der Waals surface area (Å²) in [4.78, 5) is 15.1. The fourth-order valence-electron chi connectivity index (χ4n) is 2.35. The average Bonchev–Trinajstić information content (AvgIpc) is 3.15. The Labute approximate surface area is 121 Å². The summed E-state index contributed by atoms with van der Waals surface area (Å²) in [5.74, 6) is 0.861. The molecule has 2 unspecified atom stereocenters. The molecule has 0 bridgehead atoms. The first-order chi connectivity index (χ1) is 9.65. The number of aromatic nitrogens is 3. The zero-order chi connectivity index (χ0) is 14.1. The Balaban J connectivity index is 1.70. The number of hydrogen-bond acceptors (Lipinski definition) is 4. The highest BCUT2D eigenvalue weighted by Crippen LogP contribution is 2.53. The first-order valence-electron chi connectivity index (χ1n) is 6.45. The van der Waals surface area contributed by atoms with E-state index in [1.165, 1.54) is 17.3 Å². The molecule has 0 aliphatic heterocycles. The fourth-order valence-corrected chi connectivity index (χ4v) is 2.99. The Morgan fingerprint density at radius 3 is 2.85 bits per heavy atom. The lowest BCUT2D eigenvalue weighted by Gasteiger charge is -1.96. The van der Waals surface area contributed by atoms with Crippen LogP contribution in [0.3, 0.4) is 0 Å². The number of aliphatic carboxylic acids is 1. The Morgan fingerprint density at radius 2 is 2.15 bits per heavy atom. The molecule has 5 nitrogen and oxygen atoms in total. The van der Waals surface area contributed by atoms with E-state index >= 15 is 0 Å². The van der Waals surface area contributed by atoms with Crippen molar-refractivity contribution < 1.29 is 9.90 Å². The molecule has 1 heterocycles. The normalized spacial score (nSPS) is 20.9. The Morgan fingerprint density at radius 1 is 1.40 bits per heavy atom. The fraction of sp³-hybridized carbons (Fsp3) is 0.357. The predicted octanol–water partition coefficient (Wildman–Crippen LogP) is 2.26. The average molecular weight is 289 g/mol. The Kier molecular flexibility index (Phi) is 3.48. The monoisotopic (exact) mass is 289 g/mol. The number of carboxylic acids is 1. The third kappa shape index (κ3) is 2.70. The minimum absolute atomic E-state index is 0.0127. The molecule has 1 fully saturated rings. The molecule has 0 amide bonds. The van der Waals surface area contributed by atoms with Crippen molar-refractivity contribution in [2.75, 3.05) is 5.75 Å². The Bertz CT molecular complexity index is 627. The van der Waals surface area contributed by atoms with Gasteiger partial charge < -0.3 is 5.11 Å². The number of carboxylic acid groups (broad SMARTS) is 1. The lowest BCUT2D eigenvalue weighted by Crippen LogP contribution is -2.00. The van der Waals surface area contributed by atoms with Crippen LogP contribution in [0.5, 0.6) is 0 Å². The van der Waals surface area contributed by atoms with Crippen molar-refractivity contribution in [3.63, 3.8) is 0 Å². The van der Waals surface area contributed by atoms with Gasteiger partial charge in [-0.1, -0.05) is 42.1 Å². The van der Waals surface area contributed by atoms with Crippen LogP contribution in [0.25, 0.3) is 0 Å². The summed E-state index contributed by atoms with van der Waals surface area (Å²) in [6.45, 7) is 0. The number of aryl methyl sites for hydroxylation is 1. The van der Waals surface area contributed by atoms with Crippen LogP contribution < -0.4 is 0 Å². The SMILES string of the molecule is Cn1nc(C2CC2c2ccccc2)nc1SCC(=O)O. The molecule has 1 aromatic heterocycles. The maximum Gasteiger partial charge on any atom is 0.313 e. The first-order valence-corrected chi connectivity index (χ1v) is 7.44. The Hall–Kier alpha value is -1.82. The summed E-state index contributed by atoms with van der Waals surface area (Å²) >= 11 is 1.21. The molecule has 0 saturated heterocycles. The van der Waals surface area contributed by atoms with E-state index in [1.807, 2.05) is 18.2 Å². The van der Waals surface area contributed by atoms with Crippen molar-refractivity contribution in [2.45, 2.75) is 23.4 Å². The molecule has 104 valence electrons. The lowest BCUT2D eigenvalue weighted by molar-refractivity contribution is -0.133. The minimum Gasteiger partial charge on any atom is -0.481 e. The smallest absolute Gasteiger partial charge is 0.313 e. The van der Waals surface area contributed by atoms with Crippen LogP contribution in [0.4, 0.5) is 0 Å². The largest absolute Gasteiger partial charge is 0.481 e. The van der Waals surface area contributed by atoms with Gasteiger partial charge >= 0.3 is 5.97 Å². The molecular weight excluding hydrogens is 274 g/mol. The van der Waals surface area contributed by atoms with E-state index in [1.54, 1.807) is 11.7 Å². The standard InChI is InChI=1S/C14H15N3O2S/c1-17-14(20-8-12(18)19)15-13(16-17)11-7-10(11)9-5-3-2-4-6-9/h2-6,10-11H,7-8H2,1H3,(H,18,19). The predicted molar refractivity (Wildman–Crippen MR) is 75.9 cm³/mol. The molecule has 1 aliphatic rings. The second-order valence-corrected chi connectivity index (χ2v) is 5.86. The zero-order valence-electron chi connectivity index (χ0n) is 11.1. The summed E-state index contributed by atoms with van der Waals surface area (Å²) in [5, 5.41) is 13.8. The van der Waals surface area contributed by atoms with Crippen molar-refractivity contribution in [1.29, 1.82) is 0 Å². The van der Waals surface area contributed by atoms with Gasteiger partial charge in [0.25, 0.3) is 0 Å². The molecule has 2 aromatic rings. The third-order valence-electron chi connectivity index (χ3n) is 3.41. The molecular formula is C14H15N3O2S. The van der Waals surface area contributed by atoms with Gasteiger partial charge in [-0.05, 0) is 17.9 Å². The second-order valence-electron chi connectivity index (χ2n) is 4.92. The highest BCUT2D eigenvalue weighted by molar-refractivity contribution is 7.99. The molecule has 1 aromatic carbocycles. The van der Waals surface area contributed by atoms with Crippen LogP contribution in [0.15, 0.2) is 35.5 Å². The number of benzene rings is 1.